The van der Waals surface area contributed by atoms with Gasteiger partial charge in [0.15, 0.2) is 0 Å². The molecular weight excluding hydrogens is 5520 g/mol. The summed E-state index contributed by atoms with van der Waals surface area (Å²) in [5.41, 5.74) is 0. The predicted octanol–water partition coefficient (Wildman–Crippen LogP) is -0.0750. The minimum atomic E-state index is 0. The van der Waals surface area contributed by atoms with Crippen LogP contribution in [0.5, 0.6) is 0 Å². The first-order valence-electron chi connectivity index (χ1n) is 0. The van der Waals surface area contributed by atoms with Gasteiger partial charge in [-0.05, 0) is 0 Å². The molecule has 0 aromatic carbocycles. The fraction of sp³-hybridized carbons (Fsp3) is 0. The van der Waals surface area contributed by atoms with Gasteiger partial charge in [0.05, 0.1) is 0 Å². The Bertz CT molecular complexity index is 0. The van der Waals surface area contributed by atoms with Crippen molar-refractivity contribution in [3.63, 3.8) is 0 Å². The van der Waals surface area contributed by atoms with Gasteiger partial charge in [0.25, 0.3) is 0 Å². The van der Waals surface area contributed by atoms with Gasteiger partial charge in [-0.2, -0.15) is 0 Å². The molecule has 0 saturated heterocycles. The van der Waals surface area contributed by atoms with Crippen molar-refractivity contribution in [1.82, 2.24) is 0 Å². The molecule has 0 bridgehead atoms. The summed E-state index contributed by atoms with van der Waals surface area (Å²) >= 11 is 0. The number of hydrogen-bond donors (Lipinski definition) is 0. The Balaban J connectivity index is 0. The van der Waals surface area contributed by atoms with Crippen LogP contribution in [0, 0.1) is 0 Å². The van der Waals surface area contributed by atoms with Crippen LogP contribution in [0.3, 0.4) is 0 Å². The molecule has 0 nitrogen and oxygen atoms in total. The third-order valence-corrected chi connectivity index (χ3v) is 0. The smallest absolute Gasteiger partial charge is 0 e. The van der Waals surface area contributed by atoms with Crippen LogP contribution >= 0.6 is 0 Å². The van der Waals surface area contributed by atoms with Gasteiger partial charge in [-0.25, -0.2) is 0 Å². The Morgan fingerprint density at radius 1 is 0.0333 bits per heavy atom. The summed E-state index contributed by atoms with van der Waals surface area (Å²) in [6.07, 6.45) is 0. The molecule has 180 valence electrons. The summed E-state index contributed by atoms with van der Waals surface area (Å²) in [5, 5.41) is 0. The zero-order valence-electron chi connectivity index (χ0n) is 12.2. The molecule has 0 aromatic rings. The first-order valence-corrected chi connectivity index (χ1v) is 0. The third kappa shape index (κ3) is 259. The maximum absolute atomic E-state index is 0. The maximum atomic E-state index is 0. The van der Waals surface area contributed by atoms with Gasteiger partial charge < -0.3 is 0 Å². The van der Waals surface area contributed by atoms with Crippen LogP contribution in [-0.2, 0) is 632 Å². The molecule has 0 rings (SSSR count). The predicted molar refractivity (Wildman–Crippen MR) is 0 cm³/mol. The van der Waals surface area contributed by atoms with Crippen molar-refractivity contribution in [2.75, 3.05) is 0 Å². The van der Waals surface area contributed by atoms with E-state index in [2.05, 4.69) is 0 Å². The van der Waals surface area contributed by atoms with Crippen molar-refractivity contribution in [2.45, 2.75) is 0 Å². The van der Waals surface area contributed by atoms with E-state index >= 15 is 0 Å². The van der Waals surface area contributed by atoms with E-state index in [1.807, 2.05) is 0 Å². The van der Waals surface area contributed by atoms with Crippen LogP contribution in [0.15, 0.2) is 0 Å². The summed E-state index contributed by atoms with van der Waals surface area (Å²) in [6.45, 7) is 0. The zero-order valence-corrected chi connectivity index (χ0v) is 100. The second kappa shape index (κ2) is 276. The fourth-order valence-electron chi connectivity index (χ4n) is 0. The standard InChI is InChI=1S/30W. The first kappa shape index (κ1) is 293. The molecule has 0 aliphatic heterocycles. The van der Waals surface area contributed by atoms with Crippen LogP contribution in [0.2, 0.25) is 0 Å². The van der Waals surface area contributed by atoms with Crippen molar-refractivity contribution in [2.24, 2.45) is 0 Å². The van der Waals surface area contributed by atoms with E-state index in [9.17, 15) is 0 Å². The van der Waals surface area contributed by atoms with E-state index in [1.165, 1.54) is 0 Å². The van der Waals surface area contributed by atoms with Gasteiger partial charge in [-0.15, -0.1) is 0 Å². The van der Waals surface area contributed by atoms with E-state index < -0.39 is 0 Å². The van der Waals surface area contributed by atoms with E-state index in [4.69, 9.17) is 0 Å². The molecule has 0 heterocycles. The minimum Gasteiger partial charge on any atom is 0 e. The van der Waals surface area contributed by atoms with Gasteiger partial charge in [-0.1, -0.05) is 0 Å². The molecular formula is W30. The Morgan fingerprint density at radius 3 is 0.0333 bits per heavy atom. The largest absolute Gasteiger partial charge is 0 e. The Hall–Kier alpha value is 20.6. The monoisotopic (exact) mass is 5520 g/mol. The molecule has 0 amide bonds. The van der Waals surface area contributed by atoms with Crippen LogP contribution < -0.4 is 0 Å². The fourth-order valence-corrected chi connectivity index (χ4v) is 0. The number of hydrogen-bond acceptors (Lipinski definition) is 0. The van der Waals surface area contributed by atoms with Gasteiger partial charge >= 0.3 is 0 Å². The maximum Gasteiger partial charge on any atom is 0 e. The van der Waals surface area contributed by atoms with E-state index in [1.54, 1.807) is 0 Å². The molecule has 0 aliphatic carbocycles. The van der Waals surface area contributed by atoms with Crippen molar-refractivity contribution >= 4 is 0 Å². The second-order valence-electron chi connectivity index (χ2n) is 0. The Kier molecular flexibility index (Phi) is 2690. The molecule has 0 radical (unpaired) electrons. The summed E-state index contributed by atoms with van der Waals surface area (Å²) in [6, 6.07) is 0. The summed E-state index contributed by atoms with van der Waals surface area (Å²) < 4.78 is 0. The van der Waals surface area contributed by atoms with Crippen molar-refractivity contribution < 1.29 is 632 Å². The molecule has 0 spiro atoms. The topological polar surface area (TPSA) is 0 Å². The first-order chi connectivity index (χ1) is 0. The molecule has 0 aromatic heterocycles. The van der Waals surface area contributed by atoms with Crippen LogP contribution in [0.4, 0.5) is 0 Å². The second-order valence-corrected chi connectivity index (χ2v) is 0. The van der Waals surface area contributed by atoms with Crippen molar-refractivity contribution in [1.29, 1.82) is 0 Å². The molecule has 0 N–H and O–H groups in total. The molecule has 0 unspecified atom stereocenters. The van der Waals surface area contributed by atoms with Crippen molar-refractivity contribution in [3.8, 4) is 0 Å². The average molecular weight is 5520 g/mol. The average Bonchev–Trinajstić information content (AvgIpc) is 0. The van der Waals surface area contributed by atoms with E-state index in [-0.39, 0.29) is 632 Å². The van der Waals surface area contributed by atoms with Gasteiger partial charge in [0, 0.05) is 632 Å². The molecule has 30 heavy (non-hydrogen) atoms. The molecule has 0 saturated carbocycles. The Labute approximate surface area is 613 Å². The van der Waals surface area contributed by atoms with Crippen molar-refractivity contribution in [3.05, 3.63) is 0 Å². The van der Waals surface area contributed by atoms with Gasteiger partial charge in [0.1, 0.15) is 0 Å². The summed E-state index contributed by atoms with van der Waals surface area (Å²) in [4.78, 5) is 0. The van der Waals surface area contributed by atoms with Crippen LogP contribution in [0.1, 0.15) is 0 Å². The van der Waals surface area contributed by atoms with Crippen LogP contribution in [0.25, 0.3) is 0 Å². The zero-order chi connectivity index (χ0) is 0. The molecule has 0 fully saturated rings. The van der Waals surface area contributed by atoms with Crippen LogP contribution in [-0.4, -0.2) is 0 Å². The minimum absolute atomic E-state index is 0. The van der Waals surface area contributed by atoms with E-state index in [0.29, 0.717) is 0 Å². The quantitative estimate of drug-likeness (QED) is 0.319. The van der Waals surface area contributed by atoms with Gasteiger partial charge in [0.2, 0.25) is 0 Å². The van der Waals surface area contributed by atoms with Gasteiger partial charge in [-0.3, -0.25) is 0 Å². The molecule has 0 atom stereocenters. The van der Waals surface area contributed by atoms with E-state index in [0.717, 1.165) is 0 Å². The summed E-state index contributed by atoms with van der Waals surface area (Å²) in [7, 11) is 0. The molecule has 30 heteroatoms. The number of rotatable bonds is 0. The Morgan fingerprint density at radius 2 is 0.0333 bits per heavy atom. The summed E-state index contributed by atoms with van der Waals surface area (Å²) in [5.74, 6) is 0. The normalized spacial score (nSPS) is 0. The third-order valence-electron chi connectivity index (χ3n) is 0. The SMILES string of the molecule is [W].[W].[W].[W].[W].[W].[W].[W].[W].[W].[W].[W].[W].[W].[W].[W].[W].[W].[W].[W].[W].[W].[W].[W].[W].[W].[W].[W].[W].[W]. The molecule has 0 aliphatic rings.